The highest BCUT2D eigenvalue weighted by Crippen LogP contribution is 2.41. The van der Waals surface area contributed by atoms with Crippen molar-refractivity contribution in [3.05, 3.63) is 48.4 Å². The van der Waals surface area contributed by atoms with Gasteiger partial charge in [-0.25, -0.2) is 9.97 Å². The highest BCUT2D eigenvalue weighted by molar-refractivity contribution is 5.92. The van der Waals surface area contributed by atoms with Crippen LogP contribution in [0.1, 0.15) is 24.6 Å². The number of pyridine rings is 1. The number of nitrogens with two attached hydrogens (primary N) is 1. The highest BCUT2D eigenvalue weighted by Gasteiger charge is 2.30. The second-order valence-corrected chi connectivity index (χ2v) is 5.81. The molecule has 1 aliphatic carbocycles. The van der Waals surface area contributed by atoms with E-state index in [1.54, 1.807) is 12.3 Å². The van der Waals surface area contributed by atoms with E-state index in [9.17, 15) is 4.79 Å². The van der Waals surface area contributed by atoms with Crippen molar-refractivity contribution in [2.75, 3.05) is 11.1 Å². The van der Waals surface area contributed by atoms with Crippen molar-refractivity contribution in [3.63, 3.8) is 0 Å². The summed E-state index contributed by atoms with van der Waals surface area (Å²) in [7, 11) is 0. The van der Waals surface area contributed by atoms with Gasteiger partial charge in [0.05, 0.1) is 11.2 Å². The predicted octanol–water partition coefficient (Wildman–Crippen LogP) is 2.53. The number of para-hydroxylation sites is 1. The van der Waals surface area contributed by atoms with Crippen molar-refractivity contribution in [1.29, 1.82) is 0 Å². The third-order valence-corrected chi connectivity index (χ3v) is 4.02. The van der Waals surface area contributed by atoms with Crippen molar-refractivity contribution in [3.8, 4) is 0 Å². The summed E-state index contributed by atoms with van der Waals surface area (Å²) in [6, 6.07) is 11.1. The molecule has 1 fully saturated rings. The Morgan fingerprint density at radius 1 is 1.26 bits per heavy atom. The molecular weight excluding hydrogens is 290 g/mol. The maximum atomic E-state index is 12.4. The van der Waals surface area contributed by atoms with Crippen LogP contribution in [0.4, 0.5) is 11.5 Å². The van der Waals surface area contributed by atoms with Gasteiger partial charge in [-0.15, -0.1) is 0 Å². The summed E-state index contributed by atoms with van der Waals surface area (Å²) >= 11 is 0. The number of aromatic nitrogens is 3. The van der Waals surface area contributed by atoms with Crippen LogP contribution in [0, 0.1) is 0 Å². The minimum Gasteiger partial charge on any atom is -0.397 e. The lowest BCUT2D eigenvalue weighted by Gasteiger charge is -2.09. The first-order valence-corrected chi connectivity index (χ1v) is 7.68. The third kappa shape index (κ3) is 2.63. The van der Waals surface area contributed by atoms with E-state index in [0.29, 0.717) is 17.4 Å². The van der Waals surface area contributed by atoms with Crippen molar-refractivity contribution in [1.82, 2.24) is 14.5 Å². The van der Waals surface area contributed by atoms with Gasteiger partial charge in [0.25, 0.3) is 0 Å². The van der Waals surface area contributed by atoms with E-state index in [-0.39, 0.29) is 12.5 Å². The molecule has 2 heterocycles. The topological polar surface area (TPSA) is 85.8 Å². The van der Waals surface area contributed by atoms with E-state index in [1.165, 1.54) is 0 Å². The maximum Gasteiger partial charge on any atom is 0.245 e. The molecule has 1 saturated carbocycles. The molecule has 4 rings (SSSR count). The smallest absolute Gasteiger partial charge is 0.245 e. The summed E-state index contributed by atoms with van der Waals surface area (Å²) < 4.78 is 1.97. The zero-order valence-electron chi connectivity index (χ0n) is 12.6. The first-order valence-electron chi connectivity index (χ1n) is 7.68. The number of amides is 1. The van der Waals surface area contributed by atoms with E-state index >= 15 is 0 Å². The molecule has 0 unspecified atom stereocenters. The van der Waals surface area contributed by atoms with E-state index in [4.69, 9.17) is 5.73 Å². The summed E-state index contributed by atoms with van der Waals surface area (Å²) in [6.45, 7) is 0.211. The molecule has 1 aromatic carbocycles. The van der Waals surface area contributed by atoms with Crippen LogP contribution in [0.25, 0.3) is 11.0 Å². The molecule has 3 aromatic rings. The molecule has 0 saturated heterocycles. The van der Waals surface area contributed by atoms with Gasteiger partial charge in [0.1, 0.15) is 23.7 Å². The zero-order valence-corrected chi connectivity index (χ0v) is 12.6. The highest BCUT2D eigenvalue weighted by atomic mass is 16.2. The van der Waals surface area contributed by atoms with Crippen LogP contribution in [0.2, 0.25) is 0 Å². The molecule has 3 N–H and O–H groups in total. The molecule has 2 aromatic heterocycles. The van der Waals surface area contributed by atoms with Crippen molar-refractivity contribution >= 4 is 28.4 Å². The summed E-state index contributed by atoms with van der Waals surface area (Å²) in [5, 5.41) is 2.82. The van der Waals surface area contributed by atoms with Crippen LogP contribution < -0.4 is 11.1 Å². The Bertz CT molecular complexity index is 867. The third-order valence-electron chi connectivity index (χ3n) is 4.02. The summed E-state index contributed by atoms with van der Waals surface area (Å²) in [6.07, 6.45) is 3.88. The number of benzene rings is 1. The standard InChI is InChI=1S/C17H17N5O/c18-12-4-3-5-13-16(12)21-17(11-7-8-11)22(13)10-15(23)20-14-6-1-2-9-19-14/h1-6,9,11H,7-8,10,18H2,(H,19,20,23). The predicted molar refractivity (Wildman–Crippen MR) is 89.0 cm³/mol. The first kappa shape index (κ1) is 13.8. The number of carbonyl (C=O) groups excluding carboxylic acids is 1. The molecule has 0 aliphatic heterocycles. The number of hydrogen-bond acceptors (Lipinski definition) is 4. The van der Waals surface area contributed by atoms with E-state index < -0.39 is 0 Å². The number of nitrogens with zero attached hydrogens (tertiary/aromatic N) is 3. The van der Waals surface area contributed by atoms with Crippen LogP contribution in [-0.2, 0) is 11.3 Å². The fraction of sp³-hybridized carbons (Fsp3) is 0.235. The van der Waals surface area contributed by atoms with Crippen LogP contribution in [0.5, 0.6) is 0 Å². The van der Waals surface area contributed by atoms with Gasteiger partial charge in [0.15, 0.2) is 0 Å². The summed E-state index contributed by atoms with van der Waals surface area (Å²) in [5.41, 5.74) is 8.36. The number of hydrogen-bond donors (Lipinski definition) is 2. The second-order valence-electron chi connectivity index (χ2n) is 5.81. The van der Waals surface area contributed by atoms with Crippen LogP contribution >= 0.6 is 0 Å². The van der Waals surface area contributed by atoms with E-state index in [1.807, 2.05) is 34.9 Å². The normalized spacial score (nSPS) is 14.1. The van der Waals surface area contributed by atoms with Crippen LogP contribution in [0.3, 0.4) is 0 Å². The quantitative estimate of drug-likeness (QED) is 0.725. The molecule has 0 atom stereocenters. The number of rotatable bonds is 4. The maximum absolute atomic E-state index is 12.4. The van der Waals surface area contributed by atoms with E-state index in [2.05, 4.69) is 15.3 Å². The Balaban J connectivity index is 1.66. The number of carbonyl (C=O) groups is 1. The molecule has 23 heavy (non-hydrogen) atoms. The average Bonchev–Trinajstić information content (AvgIpc) is 3.32. The number of anilines is 2. The van der Waals surface area contributed by atoms with Crippen LogP contribution in [0.15, 0.2) is 42.6 Å². The molecular formula is C17H17N5O. The minimum absolute atomic E-state index is 0.118. The fourth-order valence-corrected chi connectivity index (χ4v) is 2.77. The number of nitrogen functional groups attached to an aromatic ring is 1. The van der Waals surface area contributed by atoms with Gasteiger partial charge in [-0.05, 0) is 37.1 Å². The summed E-state index contributed by atoms with van der Waals surface area (Å²) in [4.78, 5) is 21.2. The Labute approximate surface area is 133 Å². The van der Waals surface area contributed by atoms with Crippen LogP contribution in [-0.4, -0.2) is 20.4 Å². The van der Waals surface area contributed by atoms with Crippen molar-refractivity contribution < 1.29 is 4.79 Å². The number of fused-ring (bicyclic) bond motifs is 1. The second kappa shape index (κ2) is 5.39. The molecule has 0 radical (unpaired) electrons. The number of nitrogens with one attached hydrogen (secondary N) is 1. The average molecular weight is 307 g/mol. The molecule has 0 bridgehead atoms. The van der Waals surface area contributed by atoms with Crippen molar-refractivity contribution in [2.24, 2.45) is 0 Å². The van der Waals surface area contributed by atoms with Gasteiger partial charge in [-0.3, -0.25) is 4.79 Å². The Hall–Kier alpha value is -2.89. The molecule has 0 spiro atoms. The van der Waals surface area contributed by atoms with Gasteiger partial charge in [0.2, 0.25) is 5.91 Å². The lowest BCUT2D eigenvalue weighted by atomic mass is 10.2. The first-order chi connectivity index (χ1) is 11.2. The fourth-order valence-electron chi connectivity index (χ4n) is 2.77. The lowest BCUT2D eigenvalue weighted by Crippen LogP contribution is -2.20. The largest absolute Gasteiger partial charge is 0.397 e. The molecule has 1 amide bonds. The summed E-state index contributed by atoms with van der Waals surface area (Å²) in [5.74, 6) is 1.82. The number of imidazole rings is 1. The molecule has 116 valence electrons. The Morgan fingerprint density at radius 3 is 2.87 bits per heavy atom. The minimum atomic E-state index is -0.118. The van der Waals surface area contributed by atoms with Gasteiger partial charge in [-0.2, -0.15) is 0 Å². The molecule has 6 nitrogen and oxygen atoms in total. The van der Waals surface area contributed by atoms with Gasteiger partial charge >= 0.3 is 0 Å². The molecule has 6 heteroatoms. The lowest BCUT2D eigenvalue weighted by molar-refractivity contribution is -0.116. The Kier molecular flexibility index (Phi) is 3.22. The Morgan fingerprint density at radius 2 is 2.13 bits per heavy atom. The van der Waals surface area contributed by atoms with Crippen molar-refractivity contribution in [2.45, 2.75) is 25.3 Å². The monoisotopic (exact) mass is 307 g/mol. The zero-order chi connectivity index (χ0) is 15.8. The SMILES string of the molecule is Nc1cccc2c1nc(C1CC1)n2CC(=O)Nc1ccccn1. The van der Waals surface area contributed by atoms with Gasteiger partial charge < -0.3 is 15.6 Å². The van der Waals surface area contributed by atoms with E-state index in [0.717, 1.165) is 29.7 Å². The van der Waals surface area contributed by atoms with Gasteiger partial charge in [0, 0.05) is 12.1 Å². The van der Waals surface area contributed by atoms with Gasteiger partial charge in [-0.1, -0.05) is 12.1 Å². The molecule has 1 aliphatic rings.